The summed E-state index contributed by atoms with van der Waals surface area (Å²) < 4.78 is 1.62. The number of aryl methyl sites for hydroxylation is 1. The van der Waals surface area contributed by atoms with Crippen LogP contribution < -0.4 is 5.56 Å². The molecule has 1 aliphatic carbocycles. The molecule has 1 aliphatic rings. The predicted octanol–water partition coefficient (Wildman–Crippen LogP) is 2.40. The highest BCUT2D eigenvalue weighted by atomic mass is 16.2. The highest BCUT2D eigenvalue weighted by Crippen LogP contribution is 2.40. The molecule has 2 heterocycles. The van der Waals surface area contributed by atoms with Gasteiger partial charge in [-0.1, -0.05) is 13.8 Å². The van der Waals surface area contributed by atoms with E-state index in [-0.39, 0.29) is 11.5 Å². The van der Waals surface area contributed by atoms with Gasteiger partial charge in [-0.3, -0.25) is 19.4 Å². The van der Waals surface area contributed by atoms with Crippen molar-refractivity contribution in [3.8, 4) is 0 Å². The smallest absolute Gasteiger partial charge is 0.274 e. The molecule has 1 amide bonds. The number of rotatable bonds is 6. The molecule has 124 valence electrons. The molecule has 0 spiro atoms. The molecule has 1 N–H and O–H groups in total. The van der Waals surface area contributed by atoms with Crippen LogP contribution >= 0.6 is 0 Å². The largest absolute Gasteiger partial charge is 0.339 e. The van der Waals surface area contributed by atoms with Gasteiger partial charge >= 0.3 is 0 Å². The molecule has 1 saturated carbocycles. The molecule has 0 radical (unpaired) electrons. The number of aromatic amines is 1. The molecule has 3 rings (SSSR count). The van der Waals surface area contributed by atoms with E-state index < -0.39 is 0 Å². The number of hydrogen-bond donors (Lipinski definition) is 1. The van der Waals surface area contributed by atoms with Crippen LogP contribution in [0.2, 0.25) is 0 Å². The predicted molar refractivity (Wildman–Crippen MR) is 89.8 cm³/mol. The first-order valence-corrected chi connectivity index (χ1v) is 8.45. The number of nitrogens with one attached hydrogen (secondary N) is 1. The van der Waals surface area contributed by atoms with E-state index in [1.165, 1.54) is 0 Å². The van der Waals surface area contributed by atoms with Crippen LogP contribution in [0, 0.1) is 0 Å². The molecule has 23 heavy (non-hydrogen) atoms. The lowest BCUT2D eigenvalue weighted by molar-refractivity contribution is 0.0757. The van der Waals surface area contributed by atoms with Gasteiger partial charge in [-0.15, -0.1) is 0 Å². The summed E-state index contributed by atoms with van der Waals surface area (Å²) in [5.41, 5.74) is 1.77. The monoisotopic (exact) mass is 316 g/mol. The van der Waals surface area contributed by atoms with E-state index in [9.17, 15) is 9.59 Å². The Bertz CT molecular complexity index is 780. The zero-order valence-electron chi connectivity index (χ0n) is 14.1. The summed E-state index contributed by atoms with van der Waals surface area (Å²) in [6.07, 6.45) is 4.03. The number of H-pyrrole nitrogens is 1. The van der Waals surface area contributed by atoms with Crippen molar-refractivity contribution < 1.29 is 4.79 Å². The number of fused-ring (bicyclic) bond motifs is 1. The Labute approximate surface area is 135 Å². The second-order valence-corrected chi connectivity index (χ2v) is 6.36. The average Bonchev–Trinajstić information content (AvgIpc) is 3.33. The van der Waals surface area contributed by atoms with E-state index in [1.807, 2.05) is 11.0 Å². The summed E-state index contributed by atoms with van der Waals surface area (Å²) >= 11 is 0. The molecule has 1 fully saturated rings. The quantitative estimate of drug-likeness (QED) is 0.889. The molecular formula is C17H24N4O2. The van der Waals surface area contributed by atoms with Gasteiger partial charge in [-0.2, -0.15) is 0 Å². The number of nitrogens with zero attached hydrogens (tertiary/aromatic N) is 3. The fourth-order valence-electron chi connectivity index (χ4n) is 3.06. The SMILES string of the molecule is CCCN(CCC)C(=O)c1cc(C2CC2)nc2c1c(=O)[nH]n2C. The Morgan fingerprint density at radius 1 is 1.35 bits per heavy atom. The average molecular weight is 316 g/mol. The first-order valence-electron chi connectivity index (χ1n) is 8.45. The number of carbonyl (C=O) groups is 1. The Morgan fingerprint density at radius 3 is 2.57 bits per heavy atom. The topological polar surface area (TPSA) is 71.0 Å². The van der Waals surface area contributed by atoms with Crippen LogP contribution in [-0.4, -0.2) is 38.7 Å². The van der Waals surface area contributed by atoms with E-state index >= 15 is 0 Å². The maximum absolute atomic E-state index is 13.0. The summed E-state index contributed by atoms with van der Waals surface area (Å²) in [5.74, 6) is 0.376. The molecule has 6 nitrogen and oxygen atoms in total. The summed E-state index contributed by atoms with van der Waals surface area (Å²) in [6.45, 7) is 5.53. The van der Waals surface area contributed by atoms with Crippen LogP contribution in [0.25, 0.3) is 11.0 Å². The van der Waals surface area contributed by atoms with E-state index in [4.69, 9.17) is 0 Å². The number of carbonyl (C=O) groups excluding carboxylic acids is 1. The van der Waals surface area contributed by atoms with Gasteiger partial charge in [0.1, 0.15) is 0 Å². The summed E-state index contributed by atoms with van der Waals surface area (Å²) in [5, 5.41) is 3.14. The molecule has 0 unspecified atom stereocenters. The number of amides is 1. The second kappa shape index (κ2) is 6.18. The van der Waals surface area contributed by atoms with E-state index in [0.29, 0.717) is 35.6 Å². The highest BCUT2D eigenvalue weighted by molar-refractivity contribution is 6.05. The normalized spacial score (nSPS) is 14.4. The number of pyridine rings is 1. The van der Waals surface area contributed by atoms with Gasteiger partial charge in [0.15, 0.2) is 5.65 Å². The molecule has 0 saturated heterocycles. The maximum atomic E-state index is 13.0. The fourth-order valence-corrected chi connectivity index (χ4v) is 3.06. The Kier molecular flexibility index (Phi) is 4.24. The van der Waals surface area contributed by atoms with Gasteiger partial charge in [0.05, 0.1) is 10.9 Å². The van der Waals surface area contributed by atoms with Crippen LogP contribution in [-0.2, 0) is 7.05 Å². The van der Waals surface area contributed by atoms with Gasteiger partial charge in [0.2, 0.25) is 0 Å². The van der Waals surface area contributed by atoms with Crippen molar-refractivity contribution in [2.75, 3.05) is 13.1 Å². The first kappa shape index (κ1) is 15.8. The third kappa shape index (κ3) is 2.90. The van der Waals surface area contributed by atoms with Crippen LogP contribution in [0.1, 0.15) is 61.5 Å². The lowest BCUT2D eigenvalue weighted by atomic mass is 10.1. The van der Waals surface area contributed by atoms with Crippen LogP contribution in [0.3, 0.4) is 0 Å². The Morgan fingerprint density at radius 2 is 2.00 bits per heavy atom. The van der Waals surface area contributed by atoms with Gasteiger partial charge in [-0.25, -0.2) is 4.98 Å². The zero-order valence-corrected chi connectivity index (χ0v) is 14.1. The van der Waals surface area contributed by atoms with Gasteiger partial charge in [0, 0.05) is 31.7 Å². The van der Waals surface area contributed by atoms with Crippen molar-refractivity contribution in [3.05, 3.63) is 27.7 Å². The maximum Gasteiger partial charge on any atom is 0.274 e. The first-order chi connectivity index (χ1) is 11.1. The molecule has 0 bridgehead atoms. The van der Waals surface area contributed by atoms with Crippen molar-refractivity contribution in [3.63, 3.8) is 0 Å². The van der Waals surface area contributed by atoms with Crippen molar-refractivity contribution in [1.82, 2.24) is 19.7 Å². The third-order valence-electron chi connectivity index (χ3n) is 4.33. The molecule has 0 aromatic carbocycles. The Hall–Kier alpha value is -2.11. The molecule has 2 aromatic heterocycles. The van der Waals surface area contributed by atoms with E-state index in [1.54, 1.807) is 11.7 Å². The van der Waals surface area contributed by atoms with Crippen molar-refractivity contribution >= 4 is 16.9 Å². The minimum absolute atomic E-state index is 0.0558. The molecular weight excluding hydrogens is 292 g/mol. The molecule has 2 aromatic rings. The van der Waals surface area contributed by atoms with Crippen molar-refractivity contribution in [1.29, 1.82) is 0 Å². The van der Waals surface area contributed by atoms with E-state index in [2.05, 4.69) is 23.9 Å². The van der Waals surface area contributed by atoms with Gasteiger partial charge in [0.25, 0.3) is 11.5 Å². The van der Waals surface area contributed by atoms with Gasteiger partial charge in [-0.05, 0) is 31.7 Å². The number of hydrogen-bond acceptors (Lipinski definition) is 3. The minimum Gasteiger partial charge on any atom is -0.339 e. The molecule has 6 heteroatoms. The highest BCUT2D eigenvalue weighted by Gasteiger charge is 2.29. The zero-order chi connectivity index (χ0) is 16.6. The fraction of sp³-hybridized carbons (Fsp3) is 0.588. The van der Waals surface area contributed by atoms with Crippen LogP contribution in [0.5, 0.6) is 0 Å². The van der Waals surface area contributed by atoms with E-state index in [0.717, 1.165) is 31.4 Å². The lowest BCUT2D eigenvalue weighted by Crippen LogP contribution is -2.33. The van der Waals surface area contributed by atoms with Crippen LogP contribution in [0.15, 0.2) is 10.9 Å². The van der Waals surface area contributed by atoms with Crippen LogP contribution in [0.4, 0.5) is 0 Å². The van der Waals surface area contributed by atoms with Crippen molar-refractivity contribution in [2.24, 2.45) is 7.05 Å². The minimum atomic E-state index is -0.242. The third-order valence-corrected chi connectivity index (χ3v) is 4.33. The second-order valence-electron chi connectivity index (χ2n) is 6.36. The van der Waals surface area contributed by atoms with Gasteiger partial charge < -0.3 is 4.90 Å². The Balaban J connectivity index is 2.14. The lowest BCUT2D eigenvalue weighted by Gasteiger charge is -2.22. The summed E-state index contributed by atoms with van der Waals surface area (Å²) in [7, 11) is 1.76. The summed E-state index contributed by atoms with van der Waals surface area (Å²) in [4.78, 5) is 31.8. The standard InChI is InChI=1S/C17H24N4O2/c1-4-8-21(9-5-2)17(23)12-10-13(11-6-7-11)18-15-14(12)16(22)19-20(15)3/h10-11H,4-9H2,1-3H3,(H,19,22). The molecule has 0 atom stereocenters. The molecule has 0 aliphatic heterocycles. The van der Waals surface area contributed by atoms with Crippen molar-refractivity contribution in [2.45, 2.75) is 45.4 Å². The number of aromatic nitrogens is 3. The summed E-state index contributed by atoms with van der Waals surface area (Å²) in [6, 6.07) is 1.84.